The Morgan fingerprint density at radius 1 is 1.17 bits per heavy atom. The lowest BCUT2D eigenvalue weighted by Crippen LogP contribution is -2.44. The van der Waals surface area contributed by atoms with E-state index in [1.807, 2.05) is 39.8 Å². The summed E-state index contributed by atoms with van der Waals surface area (Å²) in [5, 5.41) is 15.5. The van der Waals surface area contributed by atoms with E-state index in [4.69, 9.17) is 4.74 Å². The fourth-order valence-electron chi connectivity index (χ4n) is 2.09. The number of phenols is 1. The normalized spacial score (nSPS) is 14.1. The van der Waals surface area contributed by atoms with Crippen LogP contribution in [0.4, 0.5) is 4.79 Å². The first-order chi connectivity index (χ1) is 10.7. The maximum Gasteiger partial charge on any atom is 0.407 e. The van der Waals surface area contributed by atoms with Crippen LogP contribution in [0.15, 0.2) is 24.3 Å². The lowest BCUT2D eigenvalue weighted by molar-refractivity contribution is 0.0507. The maximum absolute atomic E-state index is 11.7. The summed E-state index contributed by atoms with van der Waals surface area (Å²) < 4.78 is 5.23. The molecule has 2 atom stereocenters. The number of nitrogens with one attached hydrogen (secondary N) is 2. The van der Waals surface area contributed by atoms with E-state index in [9.17, 15) is 9.90 Å². The fraction of sp³-hybridized carbons (Fsp3) is 0.611. The summed E-state index contributed by atoms with van der Waals surface area (Å²) in [7, 11) is 0. The zero-order chi connectivity index (χ0) is 17.5. The molecule has 0 aliphatic carbocycles. The van der Waals surface area contributed by atoms with Gasteiger partial charge in [0.05, 0.1) is 0 Å². The van der Waals surface area contributed by atoms with Gasteiger partial charge in [0.25, 0.3) is 0 Å². The lowest BCUT2D eigenvalue weighted by atomic mass is 10.1. The monoisotopic (exact) mass is 322 g/mol. The first-order valence-electron chi connectivity index (χ1n) is 8.16. The smallest absolute Gasteiger partial charge is 0.407 e. The molecule has 0 aliphatic heterocycles. The van der Waals surface area contributed by atoms with Crippen LogP contribution >= 0.6 is 0 Å². The van der Waals surface area contributed by atoms with Crippen LogP contribution in [0.1, 0.15) is 46.6 Å². The highest BCUT2D eigenvalue weighted by molar-refractivity contribution is 5.68. The van der Waals surface area contributed by atoms with Gasteiger partial charge in [0.2, 0.25) is 0 Å². The van der Waals surface area contributed by atoms with Crippen LogP contribution in [0, 0.1) is 0 Å². The van der Waals surface area contributed by atoms with Gasteiger partial charge in [-0.3, -0.25) is 0 Å². The molecule has 0 aromatic heterocycles. The standard InChI is InChI=1S/C18H30N2O3/c1-13(6-7-15-8-10-16(21)11-9-15)19-12-14(2)20-17(22)23-18(3,4)5/h8-11,13-14,19,21H,6-7,12H2,1-5H3,(H,20,22). The van der Waals surface area contributed by atoms with Crippen LogP contribution in [0.2, 0.25) is 0 Å². The zero-order valence-corrected chi connectivity index (χ0v) is 14.8. The number of aromatic hydroxyl groups is 1. The van der Waals surface area contributed by atoms with Gasteiger partial charge in [-0.2, -0.15) is 0 Å². The molecule has 0 saturated carbocycles. The number of aryl methyl sites for hydroxylation is 1. The molecule has 0 aliphatic rings. The Labute approximate surface area is 139 Å². The van der Waals surface area contributed by atoms with Crippen molar-refractivity contribution in [3.8, 4) is 5.75 Å². The van der Waals surface area contributed by atoms with E-state index in [1.165, 1.54) is 5.56 Å². The summed E-state index contributed by atoms with van der Waals surface area (Å²) in [6, 6.07) is 7.64. The molecule has 0 fully saturated rings. The average Bonchev–Trinajstić information content (AvgIpc) is 2.42. The van der Waals surface area contributed by atoms with Gasteiger partial charge in [-0.05, 0) is 65.2 Å². The molecule has 0 spiro atoms. The number of carbonyl (C=O) groups excluding carboxylic acids is 1. The highest BCUT2D eigenvalue weighted by atomic mass is 16.6. The number of phenolic OH excluding ortho intramolecular Hbond substituents is 1. The predicted molar refractivity (Wildman–Crippen MR) is 92.7 cm³/mol. The number of ether oxygens (including phenoxy) is 1. The third kappa shape index (κ3) is 9.08. The number of hydrogen-bond acceptors (Lipinski definition) is 4. The quantitative estimate of drug-likeness (QED) is 0.721. The SMILES string of the molecule is CC(CCc1ccc(O)cc1)NCC(C)NC(=O)OC(C)(C)C. The summed E-state index contributed by atoms with van der Waals surface area (Å²) in [5.41, 5.74) is 0.727. The minimum atomic E-state index is -0.478. The Bertz CT molecular complexity index is 480. The first kappa shape index (κ1) is 19.3. The van der Waals surface area contributed by atoms with Crippen LogP contribution < -0.4 is 10.6 Å². The van der Waals surface area contributed by atoms with Crippen LogP contribution in [0.25, 0.3) is 0 Å². The number of alkyl carbamates (subject to hydrolysis) is 1. The second-order valence-corrected chi connectivity index (χ2v) is 7.06. The van der Waals surface area contributed by atoms with Crippen LogP contribution in [-0.4, -0.2) is 35.4 Å². The minimum Gasteiger partial charge on any atom is -0.508 e. The Balaban J connectivity index is 2.23. The molecule has 5 nitrogen and oxygen atoms in total. The number of amides is 1. The van der Waals surface area contributed by atoms with E-state index in [1.54, 1.807) is 12.1 Å². The number of benzene rings is 1. The second kappa shape index (κ2) is 8.77. The van der Waals surface area contributed by atoms with Crippen molar-refractivity contribution in [2.45, 2.75) is 65.1 Å². The number of carbonyl (C=O) groups is 1. The summed E-state index contributed by atoms with van der Waals surface area (Å²) >= 11 is 0. The molecule has 0 saturated heterocycles. The van der Waals surface area contributed by atoms with E-state index in [0.717, 1.165) is 12.8 Å². The molecule has 3 N–H and O–H groups in total. The van der Waals surface area contributed by atoms with Gasteiger partial charge in [0, 0.05) is 18.6 Å². The van der Waals surface area contributed by atoms with Gasteiger partial charge in [0.15, 0.2) is 0 Å². The van der Waals surface area contributed by atoms with Gasteiger partial charge in [-0.15, -0.1) is 0 Å². The third-order valence-corrected chi connectivity index (χ3v) is 3.34. The van der Waals surface area contributed by atoms with E-state index in [0.29, 0.717) is 18.3 Å². The fourth-order valence-corrected chi connectivity index (χ4v) is 2.09. The zero-order valence-electron chi connectivity index (χ0n) is 14.8. The maximum atomic E-state index is 11.7. The van der Waals surface area contributed by atoms with E-state index in [2.05, 4.69) is 17.6 Å². The Morgan fingerprint density at radius 2 is 1.78 bits per heavy atom. The van der Waals surface area contributed by atoms with Crippen molar-refractivity contribution < 1.29 is 14.6 Å². The molecule has 1 amide bonds. The molecule has 5 heteroatoms. The van der Waals surface area contributed by atoms with Gasteiger partial charge in [-0.25, -0.2) is 4.79 Å². The summed E-state index contributed by atoms with van der Waals surface area (Å²) in [6.07, 6.45) is 1.55. The van der Waals surface area contributed by atoms with Gasteiger partial charge in [0.1, 0.15) is 11.4 Å². The largest absolute Gasteiger partial charge is 0.508 e. The van der Waals surface area contributed by atoms with Crippen LogP contribution in [0.3, 0.4) is 0 Å². The van der Waals surface area contributed by atoms with E-state index < -0.39 is 5.60 Å². The van der Waals surface area contributed by atoms with E-state index >= 15 is 0 Å². The van der Waals surface area contributed by atoms with Crippen LogP contribution in [0.5, 0.6) is 5.75 Å². The van der Waals surface area contributed by atoms with Crippen LogP contribution in [-0.2, 0) is 11.2 Å². The molecule has 2 unspecified atom stereocenters. The molecule has 0 heterocycles. The molecular weight excluding hydrogens is 292 g/mol. The minimum absolute atomic E-state index is 0.000900. The van der Waals surface area contributed by atoms with Crippen molar-refractivity contribution >= 4 is 6.09 Å². The highest BCUT2D eigenvalue weighted by Crippen LogP contribution is 2.12. The second-order valence-electron chi connectivity index (χ2n) is 7.06. The van der Waals surface area contributed by atoms with Crippen molar-refractivity contribution in [2.24, 2.45) is 0 Å². The number of rotatable bonds is 7. The van der Waals surface area contributed by atoms with Crippen molar-refractivity contribution in [1.29, 1.82) is 0 Å². The van der Waals surface area contributed by atoms with Gasteiger partial charge < -0.3 is 20.5 Å². The third-order valence-electron chi connectivity index (χ3n) is 3.34. The summed E-state index contributed by atoms with van der Waals surface area (Å²) in [6.45, 7) is 10.3. The molecule has 130 valence electrons. The van der Waals surface area contributed by atoms with Crippen molar-refractivity contribution in [3.05, 3.63) is 29.8 Å². The molecular formula is C18H30N2O3. The molecule has 0 bridgehead atoms. The average molecular weight is 322 g/mol. The molecule has 23 heavy (non-hydrogen) atoms. The molecule has 1 rings (SSSR count). The van der Waals surface area contributed by atoms with E-state index in [-0.39, 0.29) is 12.1 Å². The van der Waals surface area contributed by atoms with Gasteiger partial charge in [-0.1, -0.05) is 12.1 Å². The summed E-state index contributed by atoms with van der Waals surface area (Å²) in [5.74, 6) is 0.293. The Morgan fingerprint density at radius 3 is 2.35 bits per heavy atom. The van der Waals surface area contributed by atoms with Crippen molar-refractivity contribution in [3.63, 3.8) is 0 Å². The van der Waals surface area contributed by atoms with Crippen molar-refractivity contribution in [2.75, 3.05) is 6.54 Å². The predicted octanol–water partition coefficient (Wildman–Crippen LogP) is 3.22. The van der Waals surface area contributed by atoms with Crippen molar-refractivity contribution in [1.82, 2.24) is 10.6 Å². The Kier molecular flexibility index (Phi) is 7.36. The highest BCUT2D eigenvalue weighted by Gasteiger charge is 2.17. The lowest BCUT2D eigenvalue weighted by Gasteiger charge is -2.23. The molecule has 1 aromatic rings. The topological polar surface area (TPSA) is 70.6 Å². The first-order valence-corrected chi connectivity index (χ1v) is 8.16. The molecule has 0 radical (unpaired) electrons. The molecule has 1 aromatic carbocycles. The Hall–Kier alpha value is -1.75. The number of hydrogen-bond donors (Lipinski definition) is 3. The van der Waals surface area contributed by atoms with Gasteiger partial charge >= 0.3 is 6.09 Å². The summed E-state index contributed by atoms with van der Waals surface area (Å²) in [4.78, 5) is 11.7.